The Balaban J connectivity index is 1.45. The van der Waals surface area contributed by atoms with Crippen molar-refractivity contribution in [3.63, 3.8) is 0 Å². The van der Waals surface area contributed by atoms with Crippen molar-refractivity contribution in [2.45, 2.75) is 5.92 Å². The predicted octanol–water partition coefficient (Wildman–Crippen LogP) is 3.14. The SMILES string of the molecule is NC(=O)C(CN1CCN(c2ccc([N+](=O)[O-])cc2)CC1)c1cccc2ccccc12. The largest absolute Gasteiger partial charge is 0.369 e. The van der Waals surface area contributed by atoms with Gasteiger partial charge in [-0.25, -0.2) is 0 Å². The fourth-order valence-corrected chi connectivity index (χ4v) is 4.13. The molecule has 1 amide bonds. The molecule has 1 fully saturated rings. The zero-order valence-corrected chi connectivity index (χ0v) is 16.6. The molecule has 0 radical (unpaired) electrons. The summed E-state index contributed by atoms with van der Waals surface area (Å²) in [5.74, 6) is -0.689. The number of nitrogens with two attached hydrogens (primary N) is 1. The predicted molar refractivity (Wildman–Crippen MR) is 118 cm³/mol. The number of amides is 1. The first kappa shape index (κ1) is 19.8. The van der Waals surface area contributed by atoms with Gasteiger partial charge in [0.2, 0.25) is 5.91 Å². The molecule has 0 bridgehead atoms. The van der Waals surface area contributed by atoms with Crippen molar-refractivity contribution in [2.24, 2.45) is 5.73 Å². The van der Waals surface area contributed by atoms with E-state index in [0.29, 0.717) is 6.54 Å². The second-order valence-electron chi connectivity index (χ2n) is 7.58. The Morgan fingerprint density at radius 3 is 2.30 bits per heavy atom. The Kier molecular flexibility index (Phi) is 5.63. The van der Waals surface area contributed by atoms with Gasteiger partial charge in [-0.1, -0.05) is 42.5 Å². The average molecular weight is 404 g/mol. The van der Waals surface area contributed by atoms with E-state index in [1.54, 1.807) is 12.1 Å². The standard InChI is InChI=1S/C23H24N4O3/c24-23(28)22(21-7-3-5-17-4-1-2-6-20(17)21)16-25-12-14-26(15-13-25)18-8-10-19(11-9-18)27(29)30/h1-11,22H,12-16H2,(H2,24,28). The lowest BCUT2D eigenvalue weighted by Gasteiger charge is -2.37. The van der Waals surface area contributed by atoms with E-state index >= 15 is 0 Å². The molecule has 1 aliphatic rings. The van der Waals surface area contributed by atoms with Gasteiger partial charge in [-0.05, 0) is 28.5 Å². The molecule has 7 heteroatoms. The number of carbonyl (C=O) groups is 1. The van der Waals surface area contributed by atoms with E-state index in [2.05, 4.69) is 9.80 Å². The molecule has 30 heavy (non-hydrogen) atoms. The van der Waals surface area contributed by atoms with Gasteiger partial charge >= 0.3 is 0 Å². The lowest BCUT2D eigenvalue weighted by atomic mass is 9.92. The lowest BCUT2D eigenvalue weighted by Crippen LogP contribution is -2.48. The number of nitro benzene ring substituents is 1. The minimum absolute atomic E-state index is 0.0942. The van der Waals surface area contributed by atoms with Crippen molar-refractivity contribution in [3.05, 3.63) is 82.4 Å². The highest BCUT2D eigenvalue weighted by molar-refractivity contribution is 5.92. The van der Waals surface area contributed by atoms with Crippen molar-refractivity contribution in [3.8, 4) is 0 Å². The van der Waals surface area contributed by atoms with E-state index in [1.165, 1.54) is 12.1 Å². The van der Waals surface area contributed by atoms with Crippen LogP contribution in [0.2, 0.25) is 0 Å². The zero-order valence-electron chi connectivity index (χ0n) is 16.6. The Morgan fingerprint density at radius 1 is 0.967 bits per heavy atom. The molecule has 154 valence electrons. The number of hydrogen-bond donors (Lipinski definition) is 1. The van der Waals surface area contributed by atoms with Crippen LogP contribution in [0.15, 0.2) is 66.7 Å². The molecule has 0 aliphatic carbocycles. The van der Waals surface area contributed by atoms with Crippen LogP contribution in [0, 0.1) is 10.1 Å². The van der Waals surface area contributed by atoms with Crippen LogP contribution in [0.1, 0.15) is 11.5 Å². The first-order valence-electron chi connectivity index (χ1n) is 10.0. The maximum absolute atomic E-state index is 12.3. The molecule has 0 spiro atoms. The van der Waals surface area contributed by atoms with Gasteiger partial charge in [0.1, 0.15) is 0 Å². The van der Waals surface area contributed by atoms with Gasteiger partial charge in [-0.15, -0.1) is 0 Å². The van der Waals surface area contributed by atoms with Gasteiger partial charge in [-0.2, -0.15) is 0 Å². The lowest BCUT2D eigenvalue weighted by molar-refractivity contribution is -0.384. The molecular weight excluding hydrogens is 380 g/mol. The highest BCUT2D eigenvalue weighted by atomic mass is 16.6. The van der Waals surface area contributed by atoms with Crippen molar-refractivity contribution in [2.75, 3.05) is 37.6 Å². The fraction of sp³-hybridized carbons (Fsp3) is 0.261. The highest BCUT2D eigenvalue weighted by Crippen LogP contribution is 2.27. The van der Waals surface area contributed by atoms with E-state index in [0.717, 1.165) is 48.2 Å². The minimum Gasteiger partial charge on any atom is -0.369 e. The summed E-state index contributed by atoms with van der Waals surface area (Å²) in [4.78, 5) is 27.2. The summed E-state index contributed by atoms with van der Waals surface area (Å²) in [6.45, 7) is 3.76. The molecular formula is C23H24N4O3. The molecule has 1 atom stereocenters. The van der Waals surface area contributed by atoms with Crippen LogP contribution in [-0.2, 0) is 4.79 Å². The van der Waals surface area contributed by atoms with E-state index in [1.807, 2.05) is 42.5 Å². The van der Waals surface area contributed by atoms with E-state index in [-0.39, 0.29) is 22.4 Å². The summed E-state index contributed by atoms with van der Waals surface area (Å²) >= 11 is 0. The summed E-state index contributed by atoms with van der Waals surface area (Å²) in [5.41, 5.74) is 7.84. The zero-order chi connectivity index (χ0) is 21.1. The number of piperazine rings is 1. The van der Waals surface area contributed by atoms with E-state index in [9.17, 15) is 14.9 Å². The van der Waals surface area contributed by atoms with Gasteiger partial charge in [0.15, 0.2) is 0 Å². The third kappa shape index (κ3) is 4.11. The summed E-state index contributed by atoms with van der Waals surface area (Å²) in [5, 5.41) is 13.0. The van der Waals surface area contributed by atoms with Gasteiger partial charge in [0, 0.05) is 50.5 Å². The molecule has 0 saturated carbocycles. The van der Waals surface area contributed by atoms with Crippen LogP contribution in [-0.4, -0.2) is 48.5 Å². The molecule has 1 saturated heterocycles. The highest BCUT2D eigenvalue weighted by Gasteiger charge is 2.26. The van der Waals surface area contributed by atoms with Gasteiger partial charge in [0.25, 0.3) is 5.69 Å². The normalized spacial score (nSPS) is 15.8. The number of carbonyl (C=O) groups excluding carboxylic acids is 1. The molecule has 0 aromatic heterocycles. The van der Waals surface area contributed by atoms with Crippen molar-refractivity contribution in [1.82, 2.24) is 4.90 Å². The van der Waals surface area contributed by atoms with Gasteiger partial charge in [-0.3, -0.25) is 19.8 Å². The summed E-state index contributed by atoms with van der Waals surface area (Å²) < 4.78 is 0. The Labute approximate surface area is 174 Å². The monoisotopic (exact) mass is 404 g/mol. The number of anilines is 1. The quantitative estimate of drug-likeness (QED) is 0.503. The number of fused-ring (bicyclic) bond motifs is 1. The number of nitro groups is 1. The van der Waals surface area contributed by atoms with Crippen LogP contribution >= 0.6 is 0 Å². The third-order valence-electron chi connectivity index (χ3n) is 5.78. The third-order valence-corrected chi connectivity index (χ3v) is 5.78. The smallest absolute Gasteiger partial charge is 0.269 e. The van der Waals surface area contributed by atoms with Crippen LogP contribution < -0.4 is 10.6 Å². The van der Waals surface area contributed by atoms with Gasteiger partial charge in [0.05, 0.1) is 10.8 Å². The maximum atomic E-state index is 12.3. The second kappa shape index (κ2) is 8.51. The first-order valence-corrected chi connectivity index (χ1v) is 10.0. The molecule has 2 N–H and O–H groups in total. The first-order chi connectivity index (χ1) is 14.5. The average Bonchev–Trinajstić information content (AvgIpc) is 2.77. The topological polar surface area (TPSA) is 92.7 Å². The molecule has 1 heterocycles. The van der Waals surface area contributed by atoms with Gasteiger partial charge < -0.3 is 10.6 Å². The molecule has 3 aromatic carbocycles. The Morgan fingerprint density at radius 2 is 1.63 bits per heavy atom. The Bertz CT molecular complexity index is 1050. The molecule has 1 unspecified atom stereocenters. The van der Waals surface area contributed by atoms with Crippen LogP contribution in [0.3, 0.4) is 0 Å². The maximum Gasteiger partial charge on any atom is 0.269 e. The molecule has 1 aliphatic heterocycles. The molecule has 7 nitrogen and oxygen atoms in total. The van der Waals surface area contributed by atoms with E-state index in [4.69, 9.17) is 5.73 Å². The van der Waals surface area contributed by atoms with Crippen LogP contribution in [0.4, 0.5) is 11.4 Å². The van der Waals surface area contributed by atoms with Crippen molar-refractivity contribution in [1.29, 1.82) is 0 Å². The summed E-state index contributed by atoms with van der Waals surface area (Å²) in [6.07, 6.45) is 0. The number of rotatable bonds is 6. The van der Waals surface area contributed by atoms with Crippen molar-refractivity contribution < 1.29 is 9.72 Å². The number of benzene rings is 3. The van der Waals surface area contributed by atoms with Crippen LogP contribution in [0.5, 0.6) is 0 Å². The molecule has 4 rings (SSSR count). The number of primary amides is 1. The summed E-state index contributed by atoms with van der Waals surface area (Å²) in [6, 6.07) is 20.7. The summed E-state index contributed by atoms with van der Waals surface area (Å²) in [7, 11) is 0. The number of nitrogens with zero attached hydrogens (tertiary/aromatic N) is 3. The minimum atomic E-state index is -0.390. The fourth-order valence-electron chi connectivity index (χ4n) is 4.13. The second-order valence-corrected chi connectivity index (χ2v) is 7.58. The molecule has 3 aromatic rings. The number of non-ortho nitro benzene ring substituents is 1. The van der Waals surface area contributed by atoms with Crippen LogP contribution in [0.25, 0.3) is 10.8 Å². The van der Waals surface area contributed by atoms with E-state index < -0.39 is 0 Å². The number of hydrogen-bond acceptors (Lipinski definition) is 5. The van der Waals surface area contributed by atoms with Crippen molar-refractivity contribution >= 4 is 28.1 Å². The Hall–Kier alpha value is -3.45.